The molecule has 3 N–H and O–H groups in total. The number of nitrogens with zero attached hydrogens (tertiary/aromatic N) is 2. The van der Waals surface area contributed by atoms with E-state index in [1.807, 2.05) is 4.90 Å². The summed E-state index contributed by atoms with van der Waals surface area (Å²) < 4.78 is 0. The number of anilines is 2. The second-order valence-corrected chi connectivity index (χ2v) is 4.70. The van der Waals surface area contributed by atoms with E-state index in [0.29, 0.717) is 5.69 Å². The van der Waals surface area contributed by atoms with E-state index >= 15 is 0 Å². The number of aliphatic hydroxyl groups is 1. The summed E-state index contributed by atoms with van der Waals surface area (Å²) in [7, 11) is 0. The van der Waals surface area contributed by atoms with E-state index in [9.17, 15) is 15.2 Å². The minimum atomic E-state index is -0.557. The van der Waals surface area contributed by atoms with Crippen molar-refractivity contribution in [3.63, 3.8) is 0 Å². The summed E-state index contributed by atoms with van der Waals surface area (Å²) in [5, 5.41) is 20.3. The molecule has 0 radical (unpaired) electrons. The number of hydrogen-bond donors (Lipinski definition) is 2. The summed E-state index contributed by atoms with van der Waals surface area (Å²) in [4.78, 5) is 12.1. The molecule has 0 bridgehead atoms. The molecule has 18 heavy (non-hydrogen) atoms. The van der Waals surface area contributed by atoms with Crippen molar-refractivity contribution in [2.75, 3.05) is 23.8 Å². The number of benzene rings is 1. The fourth-order valence-corrected chi connectivity index (χ4v) is 2.55. The van der Waals surface area contributed by atoms with Gasteiger partial charge in [-0.1, -0.05) is 11.6 Å². The summed E-state index contributed by atoms with van der Waals surface area (Å²) in [6, 6.07) is 2.77. The maximum Gasteiger partial charge on any atom is 0.293 e. The minimum absolute atomic E-state index is 0.00311. The van der Waals surface area contributed by atoms with Crippen molar-refractivity contribution in [2.45, 2.75) is 18.9 Å². The van der Waals surface area contributed by atoms with Crippen molar-refractivity contribution in [1.82, 2.24) is 0 Å². The van der Waals surface area contributed by atoms with Crippen LogP contribution in [-0.2, 0) is 0 Å². The average molecular weight is 272 g/mol. The zero-order valence-corrected chi connectivity index (χ0v) is 10.4. The van der Waals surface area contributed by atoms with Gasteiger partial charge < -0.3 is 15.7 Å². The maximum atomic E-state index is 10.7. The first kappa shape index (κ1) is 12.9. The molecule has 1 aromatic carbocycles. The predicted octanol–water partition coefficient (Wildman–Crippen LogP) is 1.79. The lowest BCUT2D eigenvalue weighted by Gasteiger charge is -2.26. The maximum absolute atomic E-state index is 10.7. The van der Waals surface area contributed by atoms with Crippen LogP contribution in [0.15, 0.2) is 12.1 Å². The topological polar surface area (TPSA) is 92.6 Å². The van der Waals surface area contributed by atoms with E-state index in [2.05, 4.69) is 0 Å². The molecule has 1 aliphatic rings. The van der Waals surface area contributed by atoms with Crippen molar-refractivity contribution >= 4 is 28.7 Å². The molecule has 6 nitrogen and oxygen atoms in total. The van der Waals surface area contributed by atoms with Crippen LogP contribution in [0.3, 0.4) is 0 Å². The number of halogens is 1. The third kappa shape index (κ3) is 2.21. The zero-order valence-electron chi connectivity index (χ0n) is 9.67. The predicted molar refractivity (Wildman–Crippen MR) is 70.0 cm³/mol. The molecule has 7 heteroatoms. The molecular weight excluding hydrogens is 258 g/mol. The van der Waals surface area contributed by atoms with E-state index < -0.39 is 4.92 Å². The number of nitro groups is 1. The molecule has 0 amide bonds. The monoisotopic (exact) mass is 271 g/mol. The Kier molecular flexibility index (Phi) is 3.58. The van der Waals surface area contributed by atoms with Gasteiger partial charge in [-0.15, -0.1) is 0 Å². The van der Waals surface area contributed by atoms with E-state index in [1.165, 1.54) is 12.1 Å². The van der Waals surface area contributed by atoms with Crippen LogP contribution < -0.4 is 10.6 Å². The van der Waals surface area contributed by atoms with Gasteiger partial charge in [0, 0.05) is 12.6 Å². The fourth-order valence-electron chi connectivity index (χ4n) is 2.29. The fraction of sp³-hybridized carbons (Fsp3) is 0.455. The molecule has 1 fully saturated rings. The summed E-state index contributed by atoms with van der Waals surface area (Å²) in [6.45, 7) is 0.801. The van der Waals surface area contributed by atoms with Gasteiger partial charge in [-0.05, 0) is 18.9 Å². The number of rotatable bonds is 3. The molecule has 1 atom stereocenters. The van der Waals surface area contributed by atoms with Crippen LogP contribution in [0.4, 0.5) is 17.1 Å². The van der Waals surface area contributed by atoms with Gasteiger partial charge in [-0.25, -0.2) is 0 Å². The summed E-state index contributed by atoms with van der Waals surface area (Å²) >= 11 is 6.06. The number of nitro benzene ring substituents is 1. The second-order valence-electron chi connectivity index (χ2n) is 4.29. The number of hydrogen-bond acceptors (Lipinski definition) is 5. The highest BCUT2D eigenvalue weighted by molar-refractivity contribution is 6.33. The van der Waals surface area contributed by atoms with Gasteiger partial charge in [0.05, 0.1) is 28.3 Å². The molecular formula is C11H14ClN3O3. The Bertz CT molecular complexity index is 481. The Morgan fingerprint density at radius 1 is 1.61 bits per heavy atom. The lowest BCUT2D eigenvalue weighted by atomic mass is 10.2. The molecule has 0 aliphatic carbocycles. The molecule has 1 heterocycles. The van der Waals surface area contributed by atoms with E-state index in [4.69, 9.17) is 17.3 Å². The van der Waals surface area contributed by atoms with Crippen LogP contribution in [0.25, 0.3) is 0 Å². The number of aliphatic hydroxyl groups excluding tert-OH is 1. The van der Waals surface area contributed by atoms with Gasteiger partial charge in [0.1, 0.15) is 5.69 Å². The first-order chi connectivity index (χ1) is 8.54. The largest absolute Gasteiger partial charge is 0.394 e. The Balaban J connectivity index is 2.40. The van der Waals surface area contributed by atoms with E-state index in [0.717, 1.165) is 19.4 Å². The quantitative estimate of drug-likeness (QED) is 0.497. The first-order valence-corrected chi connectivity index (χ1v) is 6.03. The normalized spacial score (nSPS) is 19.2. The van der Waals surface area contributed by atoms with E-state index in [-0.39, 0.29) is 29.0 Å². The molecule has 0 saturated carbocycles. The van der Waals surface area contributed by atoms with Crippen molar-refractivity contribution in [2.24, 2.45) is 0 Å². The highest BCUT2D eigenvalue weighted by Gasteiger charge is 2.27. The van der Waals surface area contributed by atoms with Crippen LogP contribution in [0.2, 0.25) is 5.02 Å². The highest BCUT2D eigenvalue weighted by Crippen LogP contribution is 2.37. The van der Waals surface area contributed by atoms with Gasteiger partial charge in [0.2, 0.25) is 0 Å². The van der Waals surface area contributed by atoms with Crippen LogP contribution in [-0.4, -0.2) is 29.2 Å². The van der Waals surface area contributed by atoms with Gasteiger partial charge in [0.15, 0.2) is 0 Å². The zero-order chi connectivity index (χ0) is 13.3. The smallest absolute Gasteiger partial charge is 0.293 e. The van der Waals surface area contributed by atoms with Crippen molar-refractivity contribution < 1.29 is 10.0 Å². The van der Waals surface area contributed by atoms with Gasteiger partial charge in [0.25, 0.3) is 5.69 Å². The minimum Gasteiger partial charge on any atom is -0.394 e. The lowest BCUT2D eigenvalue weighted by molar-refractivity contribution is -0.383. The molecule has 2 rings (SSSR count). The van der Waals surface area contributed by atoms with Crippen molar-refractivity contribution in [1.29, 1.82) is 0 Å². The molecule has 1 aliphatic heterocycles. The second kappa shape index (κ2) is 4.99. The van der Waals surface area contributed by atoms with Gasteiger partial charge >= 0.3 is 0 Å². The van der Waals surface area contributed by atoms with Gasteiger partial charge in [-0.3, -0.25) is 10.1 Å². The number of nitrogen functional groups attached to an aromatic ring is 1. The van der Waals surface area contributed by atoms with Crippen molar-refractivity contribution in [3.05, 3.63) is 27.3 Å². The van der Waals surface area contributed by atoms with Crippen LogP contribution in [0.1, 0.15) is 12.8 Å². The Labute approximate surface area is 109 Å². The Morgan fingerprint density at radius 2 is 2.33 bits per heavy atom. The van der Waals surface area contributed by atoms with Gasteiger partial charge in [-0.2, -0.15) is 0 Å². The Hall–Kier alpha value is -1.53. The molecule has 0 unspecified atom stereocenters. The van der Waals surface area contributed by atoms with Crippen molar-refractivity contribution in [3.8, 4) is 0 Å². The summed E-state index contributed by atoms with van der Waals surface area (Å²) in [6.07, 6.45) is 1.84. The summed E-state index contributed by atoms with van der Waals surface area (Å²) in [5.74, 6) is 0. The molecule has 0 aromatic heterocycles. The van der Waals surface area contributed by atoms with Crippen LogP contribution in [0, 0.1) is 10.1 Å². The van der Waals surface area contributed by atoms with Crippen LogP contribution in [0.5, 0.6) is 0 Å². The average Bonchev–Trinajstić information content (AvgIpc) is 2.79. The molecule has 0 spiro atoms. The molecule has 98 valence electrons. The third-order valence-corrected chi connectivity index (χ3v) is 3.49. The third-order valence-electron chi connectivity index (χ3n) is 3.19. The first-order valence-electron chi connectivity index (χ1n) is 5.65. The van der Waals surface area contributed by atoms with Crippen LogP contribution >= 0.6 is 11.6 Å². The number of nitrogens with two attached hydrogens (primary N) is 1. The lowest BCUT2D eigenvalue weighted by Crippen LogP contribution is -2.32. The van der Waals surface area contributed by atoms with E-state index in [1.54, 1.807) is 0 Å². The Morgan fingerprint density at radius 3 is 2.94 bits per heavy atom. The molecule has 1 saturated heterocycles. The summed E-state index contributed by atoms with van der Waals surface area (Å²) in [5.41, 5.74) is 6.20. The standard InChI is InChI=1S/C11H14ClN3O3/c12-8-4-11(15(17)18)9(13)5-10(8)14-3-1-2-7(14)6-16/h4-5,7,16H,1-3,6,13H2/t7-/m1/s1. The molecule has 1 aromatic rings. The SMILES string of the molecule is Nc1cc(N2CCC[C@@H]2CO)c(Cl)cc1[N+](=O)[O-]. The highest BCUT2D eigenvalue weighted by atomic mass is 35.5.